The minimum atomic E-state index is -0.739. The lowest BCUT2D eigenvalue weighted by Crippen LogP contribution is -2.24. The smallest absolute Gasteiger partial charge is 0.231 e. The van der Waals surface area contributed by atoms with Crippen molar-refractivity contribution in [3.05, 3.63) is 36.4 Å². The van der Waals surface area contributed by atoms with Crippen LogP contribution in [0.15, 0.2) is 30.9 Å². The normalized spacial score (nSPS) is 15.1. The average molecular weight is 371 g/mol. The van der Waals surface area contributed by atoms with Crippen molar-refractivity contribution < 1.29 is 19.7 Å². The Balaban J connectivity index is 1.64. The molecule has 142 valence electrons. The number of imidazole rings is 1. The third-order valence-corrected chi connectivity index (χ3v) is 4.66. The van der Waals surface area contributed by atoms with Crippen LogP contribution in [0.1, 0.15) is 18.5 Å². The fourth-order valence-electron chi connectivity index (χ4n) is 3.22. The number of hydrogen-bond acceptors (Lipinski definition) is 8. The van der Waals surface area contributed by atoms with E-state index in [-0.39, 0.29) is 13.4 Å². The number of fused-ring (bicyclic) bond motifs is 2. The van der Waals surface area contributed by atoms with E-state index >= 15 is 0 Å². The number of anilines is 1. The van der Waals surface area contributed by atoms with Gasteiger partial charge in [-0.1, -0.05) is 6.07 Å². The Bertz CT molecular complexity index is 958. The van der Waals surface area contributed by atoms with E-state index in [1.54, 1.807) is 17.8 Å². The monoisotopic (exact) mass is 371 g/mol. The van der Waals surface area contributed by atoms with Crippen LogP contribution in [-0.2, 0) is 6.54 Å². The highest BCUT2D eigenvalue weighted by Gasteiger charge is 2.22. The van der Waals surface area contributed by atoms with Gasteiger partial charge in [-0.2, -0.15) is 0 Å². The van der Waals surface area contributed by atoms with Gasteiger partial charge in [-0.3, -0.25) is 0 Å². The van der Waals surface area contributed by atoms with E-state index in [1.807, 2.05) is 30.1 Å². The maximum absolute atomic E-state index is 9.91. The summed E-state index contributed by atoms with van der Waals surface area (Å²) in [7, 11) is 1.92. The van der Waals surface area contributed by atoms with Crippen molar-refractivity contribution in [2.75, 3.05) is 25.3 Å². The van der Waals surface area contributed by atoms with Gasteiger partial charge in [0.05, 0.1) is 25.1 Å². The van der Waals surface area contributed by atoms with E-state index in [1.165, 1.54) is 6.33 Å². The number of aromatic nitrogens is 4. The molecule has 1 aromatic carbocycles. The summed E-state index contributed by atoms with van der Waals surface area (Å²) in [4.78, 5) is 15.1. The first kappa shape index (κ1) is 17.5. The summed E-state index contributed by atoms with van der Waals surface area (Å²) in [5.74, 6) is 2.15. The summed E-state index contributed by atoms with van der Waals surface area (Å²) in [6.45, 7) is 2.25. The standard InChI is InChI=1S/C18H21N5O4/c1-11(25)13(7-24)23-9-21-16-17(19-8-20-18(16)23)22(2)6-12-3-4-14-15(5-12)27-10-26-14/h3-5,8-9,11,13,24-25H,6-7,10H2,1-2H3/t11-,13-/m1/s1. The number of aliphatic hydroxyl groups excluding tert-OH is 2. The molecular formula is C18H21N5O4. The molecule has 2 N–H and O–H groups in total. The van der Waals surface area contributed by atoms with Crippen LogP contribution in [0.2, 0.25) is 0 Å². The highest BCUT2D eigenvalue weighted by atomic mass is 16.7. The minimum Gasteiger partial charge on any atom is -0.454 e. The predicted molar refractivity (Wildman–Crippen MR) is 97.8 cm³/mol. The van der Waals surface area contributed by atoms with Gasteiger partial charge in [0.15, 0.2) is 28.5 Å². The third kappa shape index (κ3) is 3.15. The Hall–Kier alpha value is -2.91. The molecule has 0 aliphatic carbocycles. The van der Waals surface area contributed by atoms with Gasteiger partial charge in [0.1, 0.15) is 6.33 Å². The molecule has 0 unspecified atom stereocenters. The van der Waals surface area contributed by atoms with Gasteiger partial charge in [0.2, 0.25) is 6.79 Å². The quantitative estimate of drug-likeness (QED) is 0.664. The van der Waals surface area contributed by atoms with E-state index in [4.69, 9.17) is 9.47 Å². The van der Waals surface area contributed by atoms with Crippen molar-refractivity contribution in [3.8, 4) is 11.5 Å². The van der Waals surface area contributed by atoms with Crippen LogP contribution in [0.5, 0.6) is 11.5 Å². The second-order valence-corrected chi connectivity index (χ2v) is 6.56. The molecule has 0 spiro atoms. The van der Waals surface area contributed by atoms with Crippen molar-refractivity contribution in [1.82, 2.24) is 19.5 Å². The topological polar surface area (TPSA) is 106 Å². The SMILES string of the molecule is C[C@@H](O)[C@@H](CO)n1cnc2c(N(C)Cc3ccc4c(c3)OCO4)ncnc21. The molecule has 27 heavy (non-hydrogen) atoms. The lowest BCUT2D eigenvalue weighted by atomic mass is 10.2. The number of hydrogen-bond donors (Lipinski definition) is 2. The molecule has 3 aromatic rings. The molecule has 4 rings (SSSR count). The molecule has 0 amide bonds. The number of rotatable bonds is 6. The zero-order valence-electron chi connectivity index (χ0n) is 15.1. The molecule has 2 aromatic heterocycles. The fourth-order valence-corrected chi connectivity index (χ4v) is 3.22. The highest BCUT2D eigenvalue weighted by molar-refractivity contribution is 5.83. The summed E-state index contributed by atoms with van der Waals surface area (Å²) in [6.07, 6.45) is 2.30. The second-order valence-electron chi connectivity index (χ2n) is 6.56. The van der Waals surface area contributed by atoms with Crippen LogP contribution in [0.4, 0.5) is 5.82 Å². The Labute approximate surface area is 155 Å². The maximum Gasteiger partial charge on any atom is 0.231 e. The zero-order valence-corrected chi connectivity index (χ0v) is 15.1. The van der Waals surface area contributed by atoms with E-state index in [9.17, 15) is 10.2 Å². The molecule has 1 aliphatic heterocycles. The van der Waals surface area contributed by atoms with Crippen LogP contribution < -0.4 is 14.4 Å². The third-order valence-electron chi connectivity index (χ3n) is 4.66. The molecule has 2 atom stereocenters. The van der Waals surface area contributed by atoms with Crippen LogP contribution in [0.25, 0.3) is 11.2 Å². The maximum atomic E-state index is 9.91. The van der Waals surface area contributed by atoms with Gasteiger partial charge in [-0.15, -0.1) is 0 Å². The van der Waals surface area contributed by atoms with Gasteiger partial charge in [0.25, 0.3) is 0 Å². The molecule has 9 heteroatoms. The summed E-state index contributed by atoms with van der Waals surface area (Å²) >= 11 is 0. The molecule has 0 saturated carbocycles. The first-order valence-corrected chi connectivity index (χ1v) is 8.64. The van der Waals surface area contributed by atoms with E-state index in [0.717, 1.165) is 17.1 Å². The largest absolute Gasteiger partial charge is 0.454 e. The van der Waals surface area contributed by atoms with Crippen molar-refractivity contribution in [3.63, 3.8) is 0 Å². The summed E-state index contributed by atoms with van der Waals surface area (Å²) in [5.41, 5.74) is 2.22. The number of benzene rings is 1. The van der Waals surface area contributed by atoms with Gasteiger partial charge in [-0.05, 0) is 24.6 Å². The van der Waals surface area contributed by atoms with Gasteiger partial charge in [-0.25, -0.2) is 15.0 Å². The summed E-state index contributed by atoms with van der Waals surface area (Å²) in [6, 6.07) is 5.31. The Kier molecular flexibility index (Phi) is 4.54. The lowest BCUT2D eigenvalue weighted by molar-refractivity contribution is 0.0885. The first-order chi connectivity index (χ1) is 13.1. The van der Waals surface area contributed by atoms with Crippen molar-refractivity contribution in [2.45, 2.75) is 25.6 Å². The second kappa shape index (κ2) is 7.01. The Morgan fingerprint density at radius 3 is 2.81 bits per heavy atom. The molecule has 0 fully saturated rings. The fraction of sp³-hybridized carbons (Fsp3) is 0.389. The van der Waals surface area contributed by atoms with Gasteiger partial charge >= 0.3 is 0 Å². The van der Waals surface area contributed by atoms with Crippen LogP contribution in [0, 0.1) is 0 Å². The Morgan fingerprint density at radius 2 is 2.04 bits per heavy atom. The lowest BCUT2D eigenvalue weighted by Gasteiger charge is -2.20. The summed E-state index contributed by atoms with van der Waals surface area (Å²) in [5, 5.41) is 19.5. The van der Waals surface area contributed by atoms with Gasteiger partial charge < -0.3 is 29.2 Å². The molecular weight excluding hydrogens is 350 g/mol. The predicted octanol–water partition coefficient (Wildman–Crippen LogP) is 1.11. The molecule has 0 saturated heterocycles. The molecule has 0 bridgehead atoms. The van der Waals surface area contributed by atoms with E-state index in [2.05, 4.69) is 15.0 Å². The van der Waals surface area contributed by atoms with Gasteiger partial charge in [0, 0.05) is 13.6 Å². The average Bonchev–Trinajstić information content (AvgIpc) is 3.28. The molecule has 1 aliphatic rings. The van der Waals surface area contributed by atoms with Crippen molar-refractivity contribution in [1.29, 1.82) is 0 Å². The van der Waals surface area contributed by atoms with E-state index < -0.39 is 12.1 Å². The van der Waals surface area contributed by atoms with Crippen LogP contribution in [-0.4, -0.2) is 56.3 Å². The zero-order chi connectivity index (χ0) is 19.0. The molecule has 0 radical (unpaired) electrons. The van der Waals surface area contributed by atoms with Crippen LogP contribution in [0.3, 0.4) is 0 Å². The Morgan fingerprint density at radius 1 is 1.22 bits per heavy atom. The molecule has 3 heterocycles. The summed E-state index contributed by atoms with van der Waals surface area (Å²) < 4.78 is 12.5. The molecule has 9 nitrogen and oxygen atoms in total. The van der Waals surface area contributed by atoms with E-state index in [0.29, 0.717) is 23.5 Å². The van der Waals surface area contributed by atoms with Crippen molar-refractivity contribution >= 4 is 17.0 Å². The minimum absolute atomic E-state index is 0.213. The van der Waals surface area contributed by atoms with Crippen LogP contribution >= 0.6 is 0 Å². The first-order valence-electron chi connectivity index (χ1n) is 8.64. The number of ether oxygens (including phenoxy) is 2. The highest BCUT2D eigenvalue weighted by Crippen LogP contribution is 2.33. The number of aliphatic hydroxyl groups is 2. The van der Waals surface area contributed by atoms with Crippen molar-refractivity contribution in [2.24, 2.45) is 0 Å². The number of nitrogens with zero attached hydrogens (tertiary/aromatic N) is 5.